The molecule has 1 aliphatic carbocycles. The van der Waals surface area contributed by atoms with Crippen LogP contribution in [0.3, 0.4) is 0 Å². The first kappa shape index (κ1) is 13.5. The molecule has 0 aliphatic heterocycles. The van der Waals surface area contributed by atoms with Gasteiger partial charge < -0.3 is 9.64 Å². The summed E-state index contributed by atoms with van der Waals surface area (Å²) >= 11 is 0. The van der Waals surface area contributed by atoms with Crippen LogP contribution < -0.4 is 0 Å². The third-order valence-electron chi connectivity index (χ3n) is 3.13. The summed E-state index contributed by atoms with van der Waals surface area (Å²) in [6, 6.07) is -0.502. The van der Waals surface area contributed by atoms with E-state index in [-0.39, 0.29) is 17.6 Å². The molecular weight excluding hydrogens is 246 g/mol. The van der Waals surface area contributed by atoms with E-state index in [1.54, 1.807) is 24.9 Å². The largest absolute Gasteiger partial charge is 0.467 e. The summed E-state index contributed by atoms with van der Waals surface area (Å²) in [7, 11) is 1.32. The molecule has 1 saturated carbocycles. The van der Waals surface area contributed by atoms with Gasteiger partial charge in [0.25, 0.3) is 5.91 Å². The van der Waals surface area contributed by atoms with Crippen LogP contribution in [-0.2, 0) is 9.53 Å². The molecule has 0 spiro atoms. The highest BCUT2D eigenvalue weighted by molar-refractivity contribution is 5.95. The van der Waals surface area contributed by atoms with E-state index < -0.39 is 12.0 Å². The molecule has 0 radical (unpaired) electrons. The molecule has 1 aromatic rings. The van der Waals surface area contributed by atoms with Crippen LogP contribution in [0.4, 0.5) is 0 Å². The lowest BCUT2D eigenvalue weighted by Crippen LogP contribution is -2.45. The van der Waals surface area contributed by atoms with Gasteiger partial charge in [0.05, 0.1) is 19.0 Å². The maximum atomic E-state index is 12.4. The zero-order chi connectivity index (χ0) is 14.0. The van der Waals surface area contributed by atoms with Crippen molar-refractivity contribution in [1.29, 1.82) is 0 Å². The number of aryl methyl sites for hydroxylation is 1. The zero-order valence-electron chi connectivity index (χ0n) is 11.3. The van der Waals surface area contributed by atoms with Crippen LogP contribution in [0.15, 0.2) is 12.4 Å². The van der Waals surface area contributed by atoms with Gasteiger partial charge in [-0.2, -0.15) is 0 Å². The molecule has 0 N–H and O–H groups in total. The Labute approximate surface area is 111 Å². The molecule has 6 nitrogen and oxygen atoms in total. The Morgan fingerprint density at radius 2 is 2.05 bits per heavy atom. The van der Waals surface area contributed by atoms with Crippen LogP contribution in [0.5, 0.6) is 0 Å². The van der Waals surface area contributed by atoms with Crippen LogP contribution in [0.25, 0.3) is 0 Å². The average Bonchev–Trinajstić information content (AvgIpc) is 3.23. The Hall–Kier alpha value is -1.98. The minimum atomic E-state index is -0.604. The predicted molar refractivity (Wildman–Crippen MR) is 67.4 cm³/mol. The van der Waals surface area contributed by atoms with Gasteiger partial charge in [-0.3, -0.25) is 9.78 Å². The molecule has 0 bridgehead atoms. The van der Waals surface area contributed by atoms with E-state index in [1.165, 1.54) is 13.3 Å². The Balaban J connectivity index is 2.21. The topological polar surface area (TPSA) is 72.4 Å². The lowest BCUT2D eigenvalue weighted by molar-refractivity contribution is -0.145. The van der Waals surface area contributed by atoms with Gasteiger partial charge in [0.2, 0.25) is 0 Å². The third kappa shape index (κ3) is 2.89. The van der Waals surface area contributed by atoms with Gasteiger partial charge in [-0.15, -0.1) is 0 Å². The molecule has 1 atom stereocenters. The van der Waals surface area contributed by atoms with Crippen molar-refractivity contribution in [2.75, 3.05) is 7.11 Å². The normalized spacial score (nSPS) is 15.7. The van der Waals surface area contributed by atoms with Gasteiger partial charge in [0.15, 0.2) is 0 Å². The molecule has 19 heavy (non-hydrogen) atoms. The third-order valence-corrected chi connectivity index (χ3v) is 3.13. The first-order chi connectivity index (χ1) is 9.04. The predicted octanol–water partition coefficient (Wildman–Crippen LogP) is 0.951. The molecule has 1 amide bonds. The lowest BCUT2D eigenvalue weighted by Gasteiger charge is -2.26. The second-order valence-electron chi connectivity index (χ2n) is 4.69. The summed E-state index contributed by atoms with van der Waals surface area (Å²) in [6.07, 6.45) is 4.80. The van der Waals surface area contributed by atoms with Crippen molar-refractivity contribution in [3.8, 4) is 0 Å². The van der Waals surface area contributed by atoms with Gasteiger partial charge in [-0.1, -0.05) is 0 Å². The summed E-state index contributed by atoms with van der Waals surface area (Å²) in [5.41, 5.74) is 1.00. The SMILES string of the molecule is COC(=O)C(C)N(C(=O)c1cnc(C)cn1)C1CC1. The van der Waals surface area contributed by atoms with E-state index >= 15 is 0 Å². The van der Waals surface area contributed by atoms with E-state index in [4.69, 9.17) is 4.74 Å². The quantitative estimate of drug-likeness (QED) is 0.756. The molecule has 2 rings (SSSR count). The van der Waals surface area contributed by atoms with Gasteiger partial charge >= 0.3 is 5.97 Å². The number of methoxy groups -OCH3 is 1. The Morgan fingerprint density at radius 1 is 1.37 bits per heavy atom. The number of nitrogens with zero attached hydrogens (tertiary/aromatic N) is 3. The van der Waals surface area contributed by atoms with Crippen LogP contribution in [0, 0.1) is 6.92 Å². The molecule has 1 aromatic heterocycles. The van der Waals surface area contributed by atoms with E-state index in [1.807, 2.05) is 0 Å². The maximum absolute atomic E-state index is 12.4. The summed E-state index contributed by atoms with van der Waals surface area (Å²) in [5.74, 6) is -0.687. The molecule has 1 unspecified atom stereocenters. The smallest absolute Gasteiger partial charge is 0.328 e. The second-order valence-corrected chi connectivity index (χ2v) is 4.69. The van der Waals surface area contributed by atoms with Gasteiger partial charge in [-0.05, 0) is 26.7 Å². The summed E-state index contributed by atoms with van der Waals surface area (Å²) in [5, 5.41) is 0. The molecule has 1 fully saturated rings. The number of carbonyl (C=O) groups excluding carboxylic acids is 2. The standard InChI is InChI=1S/C13H17N3O3/c1-8-6-15-11(7-14-8)12(17)16(10-4-5-10)9(2)13(18)19-3/h6-7,9-10H,4-5H2,1-3H3. The number of rotatable bonds is 4. The Bertz CT molecular complexity index is 482. The molecule has 0 aromatic carbocycles. The van der Waals surface area contributed by atoms with Crippen LogP contribution >= 0.6 is 0 Å². The first-order valence-corrected chi connectivity index (χ1v) is 6.23. The lowest BCUT2D eigenvalue weighted by atomic mass is 10.2. The second kappa shape index (κ2) is 5.34. The molecule has 1 aliphatic rings. The number of esters is 1. The van der Waals surface area contributed by atoms with Gasteiger partial charge in [0.1, 0.15) is 11.7 Å². The van der Waals surface area contributed by atoms with E-state index in [2.05, 4.69) is 9.97 Å². The highest BCUT2D eigenvalue weighted by atomic mass is 16.5. The Kier molecular flexibility index (Phi) is 3.78. The van der Waals surface area contributed by atoms with Crippen molar-refractivity contribution in [3.05, 3.63) is 23.8 Å². The van der Waals surface area contributed by atoms with Crippen molar-refractivity contribution in [3.63, 3.8) is 0 Å². The van der Waals surface area contributed by atoms with Crippen LogP contribution in [-0.4, -0.2) is 45.9 Å². The summed E-state index contributed by atoms with van der Waals surface area (Å²) in [6.45, 7) is 3.47. The fourth-order valence-electron chi connectivity index (χ4n) is 1.93. The van der Waals surface area contributed by atoms with Crippen LogP contribution in [0.2, 0.25) is 0 Å². The van der Waals surface area contributed by atoms with Crippen molar-refractivity contribution in [1.82, 2.24) is 14.9 Å². The monoisotopic (exact) mass is 263 g/mol. The van der Waals surface area contributed by atoms with E-state index in [0.717, 1.165) is 18.5 Å². The van der Waals surface area contributed by atoms with Gasteiger partial charge in [-0.25, -0.2) is 9.78 Å². The fourth-order valence-corrected chi connectivity index (χ4v) is 1.93. The average molecular weight is 263 g/mol. The van der Waals surface area contributed by atoms with Crippen molar-refractivity contribution in [2.45, 2.75) is 38.8 Å². The number of aromatic nitrogens is 2. The van der Waals surface area contributed by atoms with Crippen molar-refractivity contribution < 1.29 is 14.3 Å². The molecular formula is C13H17N3O3. The summed E-state index contributed by atoms with van der Waals surface area (Å²) in [4.78, 5) is 33.7. The fraction of sp³-hybridized carbons (Fsp3) is 0.538. The molecule has 1 heterocycles. The summed E-state index contributed by atoms with van der Waals surface area (Å²) < 4.78 is 4.71. The first-order valence-electron chi connectivity index (χ1n) is 6.23. The maximum Gasteiger partial charge on any atom is 0.328 e. The number of amides is 1. The minimum Gasteiger partial charge on any atom is -0.467 e. The van der Waals surface area contributed by atoms with E-state index in [0.29, 0.717) is 0 Å². The zero-order valence-corrected chi connectivity index (χ0v) is 11.3. The van der Waals surface area contributed by atoms with Crippen molar-refractivity contribution in [2.24, 2.45) is 0 Å². The highest BCUT2D eigenvalue weighted by Crippen LogP contribution is 2.30. The van der Waals surface area contributed by atoms with E-state index in [9.17, 15) is 9.59 Å². The highest BCUT2D eigenvalue weighted by Gasteiger charge is 2.39. The molecule has 6 heteroatoms. The number of hydrogen-bond donors (Lipinski definition) is 0. The Morgan fingerprint density at radius 3 is 2.53 bits per heavy atom. The van der Waals surface area contributed by atoms with Crippen molar-refractivity contribution >= 4 is 11.9 Å². The minimum absolute atomic E-state index is 0.102. The van der Waals surface area contributed by atoms with Gasteiger partial charge in [0, 0.05) is 12.2 Å². The molecule has 0 saturated heterocycles. The number of carbonyl (C=O) groups is 2. The number of hydrogen-bond acceptors (Lipinski definition) is 5. The van der Waals surface area contributed by atoms with Crippen LogP contribution in [0.1, 0.15) is 35.9 Å². The molecule has 102 valence electrons. The number of ether oxygens (including phenoxy) is 1.